The Kier molecular flexibility index (Phi) is 5.68. The quantitative estimate of drug-likeness (QED) is 0.852. The number of hydrogen-bond donors (Lipinski definition) is 1. The van der Waals surface area contributed by atoms with Crippen molar-refractivity contribution >= 4 is 5.91 Å². The van der Waals surface area contributed by atoms with Crippen LogP contribution in [0.3, 0.4) is 0 Å². The first-order chi connectivity index (χ1) is 9.79. The van der Waals surface area contributed by atoms with Crippen LogP contribution in [0.25, 0.3) is 0 Å². The number of hydrogen-bond acceptors (Lipinski definition) is 4. The van der Waals surface area contributed by atoms with Gasteiger partial charge in [0.05, 0.1) is 6.61 Å². The molecular formula is C15H22N2O3. The molecule has 1 aliphatic heterocycles. The molecule has 20 heavy (non-hydrogen) atoms. The van der Waals surface area contributed by atoms with Crippen molar-refractivity contribution in [3.05, 3.63) is 24.3 Å². The van der Waals surface area contributed by atoms with Gasteiger partial charge in [0, 0.05) is 26.2 Å². The Hall–Kier alpha value is -1.75. The average Bonchev–Trinajstić information content (AvgIpc) is 2.52. The van der Waals surface area contributed by atoms with E-state index in [-0.39, 0.29) is 12.5 Å². The van der Waals surface area contributed by atoms with E-state index in [0.717, 1.165) is 38.3 Å². The molecular weight excluding hydrogens is 256 g/mol. The van der Waals surface area contributed by atoms with Crippen LogP contribution in [0.4, 0.5) is 0 Å². The third-order valence-corrected chi connectivity index (χ3v) is 3.13. The van der Waals surface area contributed by atoms with E-state index in [2.05, 4.69) is 12.2 Å². The molecule has 1 aromatic rings. The molecule has 0 bridgehead atoms. The Bertz CT molecular complexity index is 414. The second kappa shape index (κ2) is 7.75. The first-order valence-electron chi connectivity index (χ1n) is 7.13. The van der Waals surface area contributed by atoms with Crippen LogP contribution in [0.2, 0.25) is 0 Å². The summed E-state index contributed by atoms with van der Waals surface area (Å²) < 4.78 is 11.0. The number of nitrogens with zero attached hydrogens (tertiary/aromatic N) is 1. The van der Waals surface area contributed by atoms with Crippen LogP contribution in [0, 0.1) is 0 Å². The molecule has 1 N–H and O–H groups in total. The Morgan fingerprint density at radius 1 is 1.15 bits per heavy atom. The van der Waals surface area contributed by atoms with Gasteiger partial charge in [-0.25, -0.2) is 0 Å². The van der Waals surface area contributed by atoms with Gasteiger partial charge in [0.25, 0.3) is 5.91 Å². The second-order valence-electron chi connectivity index (χ2n) is 4.74. The largest absolute Gasteiger partial charge is 0.494 e. The molecule has 110 valence electrons. The Labute approximate surface area is 119 Å². The Balaban J connectivity index is 1.76. The molecule has 5 heteroatoms. The van der Waals surface area contributed by atoms with Crippen LogP contribution in [0.1, 0.15) is 13.3 Å². The van der Waals surface area contributed by atoms with Gasteiger partial charge in [0.1, 0.15) is 11.5 Å². The summed E-state index contributed by atoms with van der Waals surface area (Å²) in [6.07, 6.45) is 0.984. The maximum absolute atomic E-state index is 11.9. The molecule has 1 aromatic carbocycles. The molecule has 0 spiro atoms. The van der Waals surface area contributed by atoms with E-state index in [1.54, 1.807) is 0 Å². The minimum atomic E-state index is 0.0396. The van der Waals surface area contributed by atoms with Crippen molar-refractivity contribution in [2.45, 2.75) is 13.3 Å². The lowest BCUT2D eigenvalue weighted by molar-refractivity contribution is -0.133. The first-order valence-corrected chi connectivity index (χ1v) is 7.13. The highest BCUT2D eigenvalue weighted by Gasteiger charge is 2.16. The molecule has 1 amide bonds. The molecule has 0 atom stereocenters. The van der Waals surface area contributed by atoms with E-state index in [4.69, 9.17) is 9.47 Å². The predicted octanol–water partition coefficient (Wildman–Crippen LogP) is 1.29. The molecule has 1 fully saturated rings. The van der Waals surface area contributed by atoms with E-state index >= 15 is 0 Å². The summed E-state index contributed by atoms with van der Waals surface area (Å²) in [7, 11) is 0. The first kappa shape index (κ1) is 14.7. The zero-order valence-electron chi connectivity index (χ0n) is 11.9. The van der Waals surface area contributed by atoms with Crippen molar-refractivity contribution < 1.29 is 14.3 Å². The standard InChI is InChI=1S/C15H22N2O3/c1-2-11-19-13-3-5-14(6-4-13)20-12-15(18)17-9-7-16-8-10-17/h3-6,16H,2,7-12H2,1H3. The van der Waals surface area contributed by atoms with Crippen LogP contribution in [0.15, 0.2) is 24.3 Å². The molecule has 1 aliphatic rings. The molecule has 0 unspecified atom stereocenters. The van der Waals surface area contributed by atoms with Gasteiger partial charge >= 0.3 is 0 Å². The van der Waals surface area contributed by atoms with Crippen LogP contribution in [-0.4, -0.2) is 50.2 Å². The molecule has 1 saturated heterocycles. The Morgan fingerprint density at radius 3 is 2.35 bits per heavy atom. The van der Waals surface area contributed by atoms with Crippen molar-refractivity contribution in [1.29, 1.82) is 0 Å². The highest BCUT2D eigenvalue weighted by molar-refractivity contribution is 5.77. The van der Waals surface area contributed by atoms with E-state index in [1.807, 2.05) is 29.2 Å². The maximum atomic E-state index is 11.9. The third kappa shape index (κ3) is 4.42. The second-order valence-corrected chi connectivity index (χ2v) is 4.74. The molecule has 0 radical (unpaired) electrons. The molecule has 0 aliphatic carbocycles. The predicted molar refractivity (Wildman–Crippen MR) is 77.2 cm³/mol. The number of amides is 1. The summed E-state index contributed by atoms with van der Waals surface area (Å²) in [5.74, 6) is 1.56. The summed E-state index contributed by atoms with van der Waals surface area (Å²) in [6.45, 7) is 6.10. The van der Waals surface area contributed by atoms with Gasteiger partial charge in [-0.15, -0.1) is 0 Å². The molecule has 5 nitrogen and oxygen atoms in total. The van der Waals surface area contributed by atoms with Crippen molar-refractivity contribution in [3.63, 3.8) is 0 Å². The van der Waals surface area contributed by atoms with E-state index < -0.39 is 0 Å². The van der Waals surface area contributed by atoms with Crippen molar-refractivity contribution in [1.82, 2.24) is 10.2 Å². The van der Waals surface area contributed by atoms with Crippen LogP contribution >= 0.6 is 0 Å². The topological polar surface area (TPSA) is 50.8 Å². The third-order valence-electron chi connectivity index (χ3n) is 3.13. The van der Waals surface area contributed by atoms with Crippen molar-refractivity contribution in [2.75, 3.05) is 39.4 Å². The van der Waals surface area contributed by atoms with Crippen molar-refractivity contribution in [3.8, 4) is 11.5 Å². The minimum absolute atomic E-state index is 0.0396. The van der Waals surface area contributed by atoms with Gasteiger partial charge in [-0.3, -0.25) is 4.79 Å². The van der Waals surface area contributed by atoms with Gasteiger partial charge in [0.2, 0.25) is 0 Å². The lowest BCUT2D eigenvalue weighted by Gasteiger charge is -2.27. The SMILES string of the molecule is CCCOc1ccc(OCC(=O)N2CCNCC2)cc1. The number of carbonyl (C=O) groups excluding carboxylic acids is 1. The van der Waals surface area contributed by atoms with Crippen molar-refractivity contribution in [2.24, 2.45) is 0 Å². The fourth-order valence-electron chi connectivity index (χ4n) is 2.00. The number of ether oxygens (including phenoxy) is 2. The van der Waals surface area contributed by atoms with Gasteiger partial charge in [0.15, 0.2) is 6.61 Å². The number of carbonyl (C=O) groups is 1. The van der Waals surface area contributed by atoms with E-state index in [1.165, 1.54) is 0 Å². The van der Waals surface area contributed by atoms with E-state index in [0.29, 0.717) is 12.4 Å². The van der Waals surface area contributed by atoms with Gasteiger partial charge < -0.3 is 19.7 Å². The van der Waals surface area contributed by atoms with Crippen LogP contribution in [0.5, 0.6) is 11.5 Å². The summed E-state index contributed by atoms with van der Waals surface area (Å²) in [6, 6.07) is 7.38. The molecule has 1 heterocycles. The summed E-state index contributed by atoms with van der Waals surface area (Å²) >= 11 is 0. The summed E-state index contributed by atoms with van der Waals surface area (Å²) in [5, 5.41) is 3.22. The smallest absolute Gasteiger partial charge is 0.260 e. The fourth-order valence-corrected chi connectivity index (χ4v) is 2.00. The summed E-state index contributed by atoms with van der Waals surface area (Å²) in [5.41, 5.74) is 0. The highest BCUT2D eigenvalue weighted by Crippen LogP contribution is 2.17. The molecule has 2 rings (SSSR count). The average molecular weight is 278 g/mol. The van der Waals surface area contributed by atoms with Crippen LogP contribution < -0.4 is 14.8 Å². The number of nitrogens with one attached hydrogen (secondary N) is 1. The van der Waals surface area contributed by atoms with Gasteiger partial charge in [-0.1, -0.05) is 6.92 Å². The minimum Gasteiger partial charge on any atom is -0.494 e. The fraction of sp³-hybridized carbons (Fsp3) is 0.533. The monoisotopic (exact) mass is 278 g/mol. The van der Waals surface area contributed by atoms with Crippen LogP contribution in [-0.2, 0) is 4.79 Å². The molecule has 0 aromatic heterocycles. The van der Waals surface area contributed by atoms with Gasteiger partial charge in [-0.2, -0.15) is 0 Å². The normalized spacial score (nSPS) is 14.9. The lowest BCUT2D eigenvalue weighted by atomic mass is 10.3. The Morgan fingerprint density at radius 2 is 1.75 bits per heavy atom. The number of benzene rings is 1. The summed E-state index contributed by atoms with van der Waals surface area (Å²) in [4.78, 5) is 13.8. The number of rotatable bonds is 6. The zero-order valence-corrected chi connectivity index (χ0v) is 11.9. The highest BCUT2D eigenvalue weighted by atomic mass is 16.5. The zero-order chi connectivity index (χ0) is 14.2. The lowest BCUT2D eigenvalue weighted by Crippen LogP contribution is -2.47. The van der Waals surface area contributed by atoms with E-state index in [9.17, 15) is 4.79 Å². The molecule has 0 saturated carbocycles. The maximum Gasteiger partial charge on any atom is 0.260 e. The number of piperazine rings is 1. The van der Waals surface area contributed by atoms with Gasteiger partial charge in [-0.05, 0) is 30.7 Å².